The van der Waals surface area contributed by atoms with Crippen LogP contribution in [0.15, 0.2) is 18.2 Å². The Labute approximate surface area is 101 Å². The normalized spacial score (nSPS) is 11.1. The molecule has 0 fully saturated rings. The molecule has 0 aromatic heterocycles. The van der Waals surface area contributed by atoms with Gasteiger partial charge in [0.1, 0.15) is 5.75 Å². The lowest BCUT2D eigenvalue weighted by atomic mass is 10.2. The van der Waals surface area contributed by atoms with E-state index in [4.69, 9.17) is 11.6 Å². The van der Waals surface area contributed by atoms with Crippen LogP contribution in [0.25, 0.3) is 0 Å². The molecular formula is C10H9ClF3NO2. The third-order valence-electron chi connectivity index (χ3n) is 1.77. The minimum Gasteiger partial charge on any atom is -0.410 e. The molecule has 0 saturated carbocycles. The monoisotopic (exact) mass is 267 g/mol. The Balaban J connectivity index is 2.93. The van der Waals surface area contributed by atoms with Crippen LogP contribution in [0.3, 0.4) is 0 Å². The molecule has 0 saturated heterocycles. The molecule has 0 radical (unpaired) electrons. The van der Waals surface area contributed by atoms with Crippen molar-refractivity contribution < 1.29 is 22.7 Å². The average Bonchev–Trinajstić information content (AvgIpc) is 2.19. The number of amides is 1. The molecule has 7 heteroatoms. The molecule has 94 valence electrons. The number of hydrogen-bond acceptors (Lipinski definition) is 2. The van der Waals surface area contributed by atoms with E-state index in [0.717, 1.165) is 6.07 Å². The molecule has 0 aliphatic rings. The van der Waals surface area contributed by atoms with Crippen LogP contribution in [-0.2, 0) is 6.18 Å². The van der Waals surface area contributed by atoms with E-state index < -0.39 is 22.9 Å². The zero-order chi connectivity index (χ0) is 13.1. The fraction of sp³-hybridized carbons (Fsp3) is 0.300. The van der Waals surface area contributed by atoms with Crippen molar-refractivity contribution in [2.75, 3.05) is 6.54 Å². The summed E-state index contributed by atoms with van der Waals surface area (Å²) in [5.41, 5.74) is -1.04. The lowest BCUT2D eigenvalue weighted by molar-refractivity contribution is -0.137. The average molecular weight is 268 g/mol. The summed E-state index contributed by atoms with van der Waals surface area (Å²) in [5, 5.41) is 1.85. The highest BCUT2D eigenvalue weighted by Crippen LogP contribution is 2.36. The number of alkyl halides is 3. The Bertz CT molecular complexity index is 421. The van der Waals surface area contributed by atoms with Gasteiger partial charge in [-0.05, 0) is 25.1 Å². The molecule has 0 aliphatic heterocycles. The number of hydrogen-bond donors (Lipinski definition) is 1. The van der Waals surface area contributed by atoms with E-state index in [1.54, 1.807) is 6.92 Å². The molecule has 0 atom stereocenters. The minimum absolute atomic E-state index is 0.215. The maximum Gasteiger partial charge on any atom is 0.417 e. The van der Waals surface area contributed by atoms with Gasteiger partial charge in [-0.3, -0.25) is 0 Å². The first-order valence-electron chi connectivity index (χ1n) is 4.67. The van der Waals surface area contributed by atoms with Gasteiger partial charge >= 0.3 is 12.3 Å². The molecular weight excluding hydrogens is 259 g/mol. The zero-order valence-electron chi connectivity index (χ0n) is 8.77. The van der Waals surface area contributed by atoms with Crippen molar-refractivity contribution in [3.05, 3.63) is 28.8 Å². The third-order valence-corrected chi connectivity index (χ3v) is 2.10. The lowest BCUT2D eigenvalue weighted by Crippen LogP contribution is -2.26. The van der Waals surface area contributed by atoms with Gasteiger partial charge in [0, 0.05) is 6.54 Å². The Morgan fingerprint density at radius 1 is 1.47 bits per heavy atom. The van der Waals surface area contributed by atoms with Crippen molar-refractivity contribution in [2.45, 2.75) is 13.1 Å². The molecule has 17 heavy (non-hydrogen) atoms. The summed E-state index contributed by atoms with van der Waals surface area (Å²) in [6.07, 6.45) is -5.40. The van der Waals surface area contributed by atoms with Gasteiger partial charge in [-0.25, -0.2) is 4.79 Å². The van der Waals surface area contributed by atoms with E-state index in [-0.39, 0.29) is 5.75 Å². The summed E-state index contributed by atoms with van der Waals surface area (Å²) in [5.74, 6) is -0.215. The van der Waals surface area contributed by atoms with Gasteiger partial charge in [-0.2, -0.15) is 13.2 Å². The van der Waals surface area contributed by atoms with E-state index in [1.807, 2.05) is 0 Å². The largest absolute Gasteiger partial charge is 0.417 e. The molecule has 0 spiro atoms. The first-order chi connectivity index (χ1) is 7.84. The minimum atomic E-state index is -4.59. The Hall–Kier alpha value is -1.43. The number of ether oxygens (including phenoxy) is 1. The number of nitrogens with one attached hydrogen (secondary N) is 1. The van der Waals surface area contributed by atoms with Crippen LogP contribution in [0, 0.1) is 0 Å². The van der Waals surface area contributed by atoms with Crippen LogP contribution < -0.4 is 10.1 Å². The topological polar surface area (TPSA) is 38.3 Å². The first-order valence-corrected chi connectivity index (χ1v) is 5.04. The van der Waals surface area contributed by atoms with E-state index in [9.17, 15) is 18.0 Å². The Morgan fingerprint density at radius 3 is 2.65 bits per heavy atom. The summed E-state index contributed by atoms with van der Waals surface area (Å²) in [6.45, 7) is 1.98. The van der Waals surface area contributed by atoms with Crippen molar-refractivity contribution in [3.63, 3.8) is 0 Å². The standard InChI is InChI=1S/C10H9ClF3NO2/c1-2-15-9(16)17-6-3-4-8(11)7(5-6)10(12,13)14/h3-5H,2H2,1H3,(H,15,16). The van der Waals surface area contributed by atoms with E-state index >= 15 is 0 Å². The summed E-state index contributed by atoms with van der Waals surface area (Å²) >= 11 is 5.40. The molecule has 0 bridgehead atoms. The fourth-order valence-corrected chi connectivity index (χ4v) is 1.30. The number of halogens is 4. The molecule has 1 N–H and O–H groups in total. The zero-order valence-corrected chi connectivity index (χ0v) is 9.52. The van der Waals surface area contributed by atoms with E-state index in [2.05, 4.69) is 10.1 Å². The molecule has 0 heterocycles. The van der Waals surface area contributed by atoms with Crippen molar-refractivity contribution in [1.29, 1.82) is 0 Å². The summed E-state index contributed by atoms with van der Waals surface area (Å²) in [7, 11) is 0. The van der Waals surface area contributed by atoms with Gasteiger partial charge in [-0.15, -0.1) is 0 Å². The Kier molecular flexibility index (Phi) is 4.22. The van der Waals surface area contributed by atoms with Gasteiger partial charge in [-0.1, -0.05) is 11.6 Å². The second-order valence-electron chi connectivity index (χ2n) is 3.06. The molecule has 1 aromatic carbocycles. The number of rotatable bonds is 2. The van der Waals surface area contributed by atoms with Crippen molar-refractivity contribution >= 4 is 17.7 Å². The molecule has 0 aliphatic carbocycles. The maximum atomic E-state index is 12.5. The van der Waals surface area contributed by atoms with Crippen molar-refractivity contribution in [3.8, 4) is 5.75 Å². The van der Waals surface area contributed by atoms with Crippen molar-refractivity contribution in [2.24, 2.45) is 0 Å². The van der Waals surface area contributed by atoms with Crippen LogP contribution >= 0.6 is 11.6 Å². The highest BCUT2D eigenvalue weighted by atomic mass is 35.5. The predicted octanol–water partition coefficient (Wildman–Crippen LogP) is 3.47. The lowest BCUT2D eigenvalue weighted by Gasteiger charge is -2.11. The van der Waals surface area contributed by atoms with E-state index in [1.165, 1.54) is 6.07 Å². The maximum absolute atomic E-state index is 12.5. The molecule has 1 rings (SSSR count). The molecule has 3 nitrogen and oxygen atoms in total. The third kappa shape index (κ3) is 3.81. The summed E-state index contributed by atoms with van der Waals surface area (Å²) in [6, 6.07) is 2.89. The Morgan fingerprint density at radius 2 is 2.12 bits per heavy atom. The fourth-order valence-electron chi connectivity index (χ4n) is 1.07. The number of carbonyl (C=O) groups is 1. The van der Waals surface area contributed by atoms with Crippen LogP contribution in [-0.4, -0.2) is 12.6 Å². The second kappa shape index (κ2) is 5.27. The number of carbonyl (C=O) groups excluding carboxylic acids is 1. The van der Waals surface area contributed by atoms with Crippen LogP contribution in [0.2, 0.25) is 5.02 Å². The van der Waals surface area contributed by atoms with Crippen molar-refractivity contribution in [1.82, 2.24) is 5.32 Å². The molecule has 1 amide bonds. The summed E-state index contributed by atoms with van der Waals surface area (Å²) in [4.78, 5) is 11.0. The summed E-state index contributed by atoms with van der Waals surface area (Å²) < 4.78 is 42.1. The highest BCUT2D eigenvalue weighted by molar-refractivity contribution is 6.31. The highest BCUT2D eigenvalue weighted by Gasteiger charge is 2.33. The number of benzene rings is 1. The molecule has 1 aromatic rings. The quantitative estimate of drug-likeness (QED) is 0.891. The smallest absolute Gasteiger partial charge is 0.410 e. The van der Waals surface area contributed by atoms with Gasteiger partial charge in [0.2, 0.25) is 0 Å². The van der Waals surface area contributed by atoms with Crippen LogP contribution in [0.5, 0.6) is 5.75 Å². The second-order valence-corrected chi connectivity index (χ2v) is 3.47. The van der Waals surface area contributed by atoms with Gasteiger partial charge in [0.05, 0.1) is 10.6 Å². The molecule has 0 unspecified atom stereocenters. The van der Waals surface area contributed by atoms with E-state index in [0.29, 0.717) is 12.6 Å². The van der Waals surface area contributed by atoms with Gasteiger partial charge < -0.3 is 10.1 Å². The van der Waals surface area contributed by atoms with Gasteiger partial charge in [0.15, 0.2) is 0 Å². The SMILES string of the molecule is CCNC(=O)Oc1ccc(Cl)c(C(F)(F)F)c1. The van der Waals surface area contributed by atoms with Crippen LogP contribution in [0.1, 0.15) is 12.5 Å². The predicted molar refractivity (Wildman–Crippen MR) is 56.2 cm³/mol. The van der Waals surface area contributed by atoms with Gasteiger partial charge in [0.25, 0.3) is 0 Å². The first kappa shape index (κ1) is 13.6. The van der Waals surface area contributed by atoms with Crippen LogP contribution in [0.4, 0.5) is 18.0 Å².